The average molecular weight is 364 g/mol. The molecule has 0 fully saturated rings. The number of pyridine rings is 1. The van der Waals surface area contributed by atoms with Crippen molar-refractivity contribution in [2.45, 2.75) is 0 Å². The highest BCUT2D eigenvalue weighted by atomic mass is 32.1. The molecule has 0 bridgehead atoms. The normalized spacial score (nSPS) is 10.8. The molecule has 0 aliphatic carbocycles. The minimum Gasteiger partial charge on any atom is -0.435 e. The van der Waals surface area contributed by atoms with Gasteiger partial charge in [-0.15, -0.1) is 11.3 Å². The van der Waals surface area contributed by atoms with Gasteiger partial charge in [0.25, 0.3) is 5.91 Å². The molecule has 6 nitrogen and oxygen atoms in total. The van der Waals surface area contributed by atoms with E-state index in [1.54, 1.807) is 24.5 Å². The molecule has 26 heavy (non-hydrogen) atoms. The first-order valence-electron chi connectivity index (χ1n) is 8.00. The summed E-state index contributed by atoms with van der Waals surface area (Å²) in [6.45, 7) is 0. The Labute approximate surface area is 154 Å². The summed E-state index contributed by atoms with van der Waals surface area (Å²) in [6, 6.07) is 13.0. The molecule has 0 saturated heterocycles. The summed E-state index contributed by atoms with van der Waals surface area (Å²) in [5.41, 5.74) is 2.99. The number of anilines is 2. The maximum atomic E-state index is 12.5. The Morgan fingerprint density at radius 3 is 2.88 bits per heavy atom. The van der Waals surface area contributed by atoms with Gasteiger partial charge < -0.3 is 14.6 Å². The maximum absolute atomic E-state index is 12.5. The quantitative estimate of drug-likeness (QED) is 0.585. The Bertz CT molecular complexity index is 1050. The number of carbonyl (C=O) groups is 1. The van der Waals surface area contributed by atoms with Gasteiger partial charge in [0.2, 0.25) is 5.89 Å². The SMILES string of the molecule is CN(C)c1cccc(C(=O)Nc2ccc(-c3nc4cnccc4o3)s2)c1. The van der Waals surface area contributed by atoms with Crippen molar-refractivity contribution in [2.24, 2.45) is 0 Å². The number of hydrogen-bond donors (Lipinski definition) is 1. The van der Waals surface area contributed by atoms with Gasteiger partial charge in [-0.25, -0.2) is 4.98 Å². The van der Waals surface area contributed by atoms with Gasteiger partial charge in [0, 0.05) is 37.6 Å². The number of hydrogen-bond acceptors (Lipinski definition) is 6. The molecular formula is C19H16N4O2S. The summed E-state index contributed by atoms with van der Waals surface area (Å²) in [5, 5.41) is 3.66. The molecule has 1 amide bonds. The highest BCUT2D eigenvalue weighted by molar-refractivity contribution is 7.19. The summed E-state index contributed by atoms with van der Waals surface area (Å²) < 4.78 is 5.74. The van der Waals surface area contributed by atoms with Crippen LogP contribution < -0.4 is 10.2 Å². The van der Waals surface area contributed by atoms with E-state index in [4.69, 9.17) is 4.42 Å². The van der Waals surface area contributed by atoms with Crippen LogP contribution in [-0.4, -0.2) is 30.0 Å². The first-order valence-corrected chi connectivity index (χ1v) is 8.81. The summed E-state index contributed by atoms with van der Waals surface area (Å²) in [7, 11) is 3.89. The topological polar surface area (TPSA) is 71.3 Å². The van der Waals surface area contributed by atoms with Gasteiger partial charge in [-0.05, 0) is 30.3 Å². The number of carbonyl (C=O) groups excluding carboxylic acids is 1. The number of fused-ring (bicyclic) bond motifs is 1. The molecule has 0 unspecified atom stereocenters. The van der Waals surface area contributed by atoms with Crippen LogP contribution in [0.25, 0.3) is 21.9 Å². The number of oxazole rings is 1. The zero-order valence-electron chi connectivity index (χ0n) is 14.3. The Hall–Kier alpha value is -3.19. The van der Waals surface area contributed by atoms with E-state index in [1.807, 2.05) is 49.3 Å². The number of nitrogens with one attached hydrogen (secondary N) is 1. The van der Waals surface area contributed by atoms with Crippen LogP contribution >= 0.6 is 11.3 Å². The Morgan fingerprint density at radius 2 is 2.08 bits per heavy atom. The second kappa shape index (κ2) is 6.61. The first kappa shape index (κ1) is 16.3. The van der Waals surface area contributed by atoms with Crippen molar-refractivity contribution >= 4 is 39.0 Å². The molecular weight excluding hydrogens is 348 g/mol. The van der Waals surface area contributed by atoms with E-state index in [-0.39, 0.29) is 5.91 Å². The van der Waals surface area contributed by atoms with E-state index in [2.05, 4.69) is 15.3 Å². The van der Waals surface area contributed by atoms with E-state index in [1.165, 1.54) is 11.3 Å². The summed E-state index contributed by atoms with van der Waals surface area (Å²) in [5.74, 6) is 0.372. The lowest BCUT2D eigenvalue weighted by Gasteiger charge is -2.13. The van der Waals surface area contributed by atoms with E-state index in [0.717, 1.165) is 15.6 Å². The Morgan fingerprint density at radius 1 is 1.19 bits per heavy atom. The first-order chi connectivity index (χ1) is 12.6. The molecule has 1 N–H and O–H groups in total. The van der Waals surface area contributed by atoms with Crippen molar-refractivity contribution in [1.82, 2.24) is 9.97 Å². The Kier molecular flexibility index (Phi) is 4.14. The van der Waals surface area contributed by atoms with Crippen LogP contribution in [0.4, 0.5) is 10.7 Å². The average Bonchev–Trinajstić information content (AvgIpc) is 3.28. The van der Waals surface area contributed by atoms with Crippen LogP contribution in [-0.2, 0) is 0 Å². The fourth-order valence-electron chi connectivity index (χ4n) is 2.51. The minimum atomic E-state index is -0.149. The van der Waals surface area contributed by atoms with Crippen LogP contribution in [0.5, 0.6) is 0 Å². The molecule has 3 heterocycles. The van der Waals surface area contributed by atoms with Crippen LogP contribution in [0.2, 0.25) is 0 Å². The van der Waals surface area contributed by atoms with Crippen molar-refractivity contribution in [3.8, 4) is 10.8 Å². The lowest BCUT2D eigenvalue weighted by molar-refractivity contribution is 0.102. The summed E-state index contributed by atoms with van der Waals surface area (Å²) in [6.07, 6.45) is 3.33. The standard InChI is InChI=1S/C19H16N4O2S/c1-23(2)13-5-3-4-12(10-13)18(24)22-17-7-6-16(26-17)19-21-14-11-20-9-8-15(14)25-19/h3-11H,1-2H3,(H,22,24). The summed E-state index contributed by atoms with van der Waals surface area (Å²) >= 11 is 1.42. The summed E-state index contributed by atoms with van der Waals surface area (Å²) in [4.78, 5) is 23.8. The molecule has 130 valence electrons. The molecule has 4 aromatic rings. The minimum absolute atomic E-state index is 0.149. The molecule has 0 radical (unpaired) electrons. The monoisotopic (exact) mass is 364 g/mol. The third-order valence-corrected chi connectivity index (χ3v) is 4.86. The van der Waals surface area contributed by atoms with Crippen molar-refractivity contribution in [3.05, 3.63) is 60.4 Å². The fraction of sp³-hybridized carbons (Fsp3) is 0.105. The van der Waals surface area contributed by atoms with Crippen LogP contribution in [0.3, 0.4) is 0 Å². The number of amides is 1. The molecule has 0 saturated carbocycles. The second-order valence-electron chi connectivity index (χ2n) is 5.93. The zero-order chi connectivity index (χ0) is 18.1. The predicted molar refractivity (Wildman–Crippen MR) is 104 cm³/mol. The lowest BCUT2D eigenvalue weighted by Crippen LogP contribution is -2.13. The van der Waals surface area contributed by atoms with Gasteiger partial charge in [0.1, 0.15) is 5.52 Å². The second-order valence-corrected chi connectivity index (χ2v) is 7.01. The number of benzene rings is 1. The van der Waals surface area contributed by atoms with Crippen molar-refractivity contribution in [2.75, 3.05) is 24.3 Å². The van der Waals surface area contributed by atoms with Gasteiger partial charge in [0.05, 0.1) is 16.1 Å². The largest absolute Gasteiger partial charge is 0.435 e. The van der Waals surface area contributed by atoms with Gasteiger partial charge in [-0.1, -0.05) is 6.07 Å². The van der Waals surface area contributed by atoms with Gasteiger partial charge in [-0.3, -0.25) is 9.78 Å². The molecule has 1 aromatic carbocycles. The molecule has 4 rings (SSSR count). The van der Waals surface area contributed by atoms with Gasteiger partial charge in [0.15, 0.2) is 5.58 Å². The molecule has 0 aliphatic rings. The van der Waals surface area contributed by atoms with E-state index >= 15 is 0 Å². The Balaban J connectivity index is 1.54. The van der Waals surface area contributed by atoms with Gasteiger partial charge in [-0.2, -0.15) is 0 Å². The third-order valence-electron chi connectivity index (χ3n) is 3.87. The molecule has 0 aliphatic heterocycles. The van der Waals surface area contributed by atoms with Crippen molar-refractivity contribution in [3.63, 3.8) is 0 Å². The van der Waals surface area contributed by atoms with Crippen LogP contribution in [0, 0.1) is 0 Å². The zero-order valence-corrected chi connectivity index (χ0v) is 15.1. The van der Waals surface area contributed by atoms with E-state index in [9.17, 15) is 4.79 Å². The highest BCUT2D eigenvalue weighted by Crippen LogP contribution is 2.32. The van der Waals surface area contributed by atoms with Crippen LogP contribution in [0.15, 0.2) is 59.3 Å². The molecule has 0 atom stereocenters. The number of aromatic nitrogens is 2. The van der Waals surface area contributed by atoms with Gasteiger partial charge >= 0.3 is 0 Å². The van der Waals surface area contributed by atoms with E-state index < -0.39 is 0 Å². The lowest BCUT2D eigenvalue weighted by atomic mass is 10.2. The highest BCUT2D eigenvalue weighted by Gasteiger charge is 2.13. The van der Waals surface area contributed by atoms with Crippen molar-refractivity contribution in [1.29, 1.82) is 0 Å². The van der Waals surface area contributed by atoms with Crippen LogP contribution in [0.1, 0.15) is 10.4 Å². The third kappa shape index (κ3) is 3.16. The number of thiophene rings is 1. The molecule has 7 heteroatoms. The predicted octanol–water partition coefficient (Wildman–Crippen LogP) is 4.27. The maximum Gasteiger partial charge on any atom is 0.256 e. The fourth-order valence-corrected chi connectivity index (χ4v) is 3.34. The van der Waals surface area contributed by atoms with Crippen molar-refractivity contribution < 1.29 is 9.21 Å². The molecule has 0 spiro atoms. The smallest absolute Gasteiger partial charge is 0.256 e. The number of rotatable bonds is 4. The molecule has 3 aromatic heterocycles. The van der Waals surface area contributed by atoms with E-state index in [0.29, 0.717) is 22.6 Å². The number of nitrogens with zero attached hydrogens (tertiary/aromatic N) is 3.